The first-order valence-electron chi connectivity index (χ1n) is 5.86. The van der Waals surface area contributed by atoms with Crippen molar-refractivity contribution in [3.63, 3.8) is 0 Å². The standard InChI is InChI=1S/C11H24N2O/c1-3-7-13(9-5-6-9)11(8-14)10(12)4-2/h9-11,14H,3-8,12H2,1-2H3. The molecule has 0 heterocycles. The molecule has 0 aromatic carbocycles. The maximum absolute atomic E-state index is 9.38. The lowest BCUT2D eigenvalue weighted by molar-refractivity contribution is 0.0957. The molecular formula is C11H24N2O. The first-order chi connectivity index (χ1) is 6.74. The maximum atomic E-state index is 9.38. The molecule has 1 aliphatic carbocycles. The Balaban J connectivity index is 2.52. The van der Waals surface area contributed by atoms with Crippen LogP contribution >= 0.6 is 0 Å². The highest BCUT2D eigenvalue weighted by Gasteiger charge is 2.34. The van der Waals surface area contributed by atoms with Gasteiger partial charge in [-0.25, -0.2) is 0 Å². The van der Waals surface area contributed by atoms with Crippen molar-refractivity contribution >= 4 is 0 Å². The zero-order valence-corrected chi connectivity index (χ0v) is 9.45. The van der Waals surface area contributed by atoms with Gasteiger partial charge < -0.3 is 10.8 Å². The molecule has 1 fully saturated rings. The topological polar surface area (TPSA) is 49.5 Å². The van der Waals surface area contributed by atoms with Crippen LogP contribution in [-0.4, -0.2) is 41.3 Å². The van der Waals surface area contributed by atoms with E-state index in [0.29, 0.717) is 6.04 Å². The van der Waals surface area contributed by atoms with Gasteiger partial charge in [-0.2, -0.15) is 0 Å². The van der Waals surface area contributed by atoms with E-state index in [1.807, 2.05) is 0 Å². The molecule has 3 heteroatoms. The van der Waals surface area contributed by atoms with E-state index in [0.717, 1.165) is 19.4 Å². The number of aliphatic hydroxyl groups is 1. The van der Waals surface area contributed by atoms with Gasteiger partial charge in [-0.1, -0.05) is 13.8 Å². The molecule has 14 heavy (non-hydrogen) atoms. The Kier molecular flexibility index (Phi) is 4.85. The summed E-state index contributed by atoms with van der Waals surface area (Å²) in [4.78, 5) is 2.41. The molecule has 0 aliphatic heterocycles. The second-order valence-corrected chi connectivity index (χ2v) is 4.29. The van der Waals surface area contributed by atoms with Crippen molar-refractivity contribution in [2.75, 3.05) is 13.2 Å². The second kappa shape index (κ2) is 5.69. The zero-order valence-electron chi connectivity index (χ0n) is 9.45. The number of rotatable bonds is 7. The Morgan fingerprint density at radius 2 is 2.07 bits per heavy atom. The number of hydrogen-bond acceptors (Lipinski definition) is 3. The fourth-order valence-corrected chi connectivity index (χ4v) is 2.04. The average molecular weight is 200 g/mol. The van der Waals surface area contributed by atoms with Gasteiger partial charge >= 0.3 is 0 Å². The summed E-state index contributed by atoms with van der Waals surface area (Å²) in [6.45, 7) is 5.54. The molecular weight excluding hydrogens is 176 g/mol. The normalized spacial score (nSPS) is 21.2. The molecule has 0 bridgehead atoms. The number of aliphatic hydroxyl groups excluding tert-OH is 1. The van der Waals surface area contributed by atoms with E-state index in [9.17, 15) is 5.11 Å². The van der Waals surface area contributed by atoms with Gasteiger partial charge in [-0.05, 0) is 32.2 Å². The Morgan fingerprint density at radius 3 is 2.43 bits per heavy atom. The highest BCUT2D eigenvalue weighted by molar-refractivity contribution is 4.91. The minimum absolute atomic E-state index is 0.118. The minimum atomic E-state index is 0.118. The molecule has 2 unspecified atom stereocenters. The molecule has 1 aliphatic rings. The average Bonchev–Trinajstić information content (AvgIpc) is 3.00. The summed E-state index contributed by atoms with van der Waals surface area (Å²) in [5.41, 5.74) is 6.02. The molecule has 2 atom stereocenters. The van der Waals surface area contributed by atoms with E-state index in [1.165, 1.54) is 12.8 Å². The summed E-state index contributed by atoms with van der Waals surface area (Å²) in [6.07, 6.45) is 4.65. The number of nitrogens with zero attached hydrogens (tertiary/aromatic N) is 1. The van der Waals surface area contributed by atoms with Crippen molar-refractivity contribution in [2.24, 2.45) is 5.73 Å². The quantitative estimate of drug-likeness (QED) is 0.643. The van der Waals surface area contributed by atoms with Crippen molar-refractivity contribution in [1.82, 2.24) is 4.90 Å². The van der Waals surface area contributed by atoms with Gasteiger partial charge in [0.15, 0.2) is 0 Å². The van der Waals surface area contributed by atoms with Crippen molar-refractivity contribution in [2.45, 2.75) is 57.7 Å². The molecule has 0 radical (unpaired) electrons. The van der Waals surface area contributed by atoms with Crippen LogP contribution in [0.15, 0.2) is 0 Å². The van der Waals surface area contributed by atoms with Crippen LogP contribution in [0.25, 0.3) is 0 Å². The van der Waals surface area contributed by atoms with E-state index >= 15 is 0 Å². The number of hydrogen-bond donors (Lipinski definition) is 2. The predicted molar refractivity (Wildman–Crippen MR) is 59.2 cm³/mol. The Hall–Kier alpha value is -0.120. The molecule has 0 aromatic heterocycles. The molecule has 1 rings (SSSR count). The Morgan fingerprint density at radius 1 is 1.43 bits per heavy atom. The molecule has 1 saturated carbocycles. The summed E-state index contributed by atoms with van der Waals surface area (Å²) in [7, 11) is 0. The summed E-state index contributed by atoms with van der Waals surface area (Å²) in [6, 6.07) is 0.990. The zero-order chi connectivity index (χ0) is 10.6. The molecule has 0 saturated heterocycles. The van der Waals surface area contributed by atoms with Gasteiger partial charge in [0.1, 0.15) is 0 Å². The van der Waals surface area contributed by atoms with Gasteiger partial charge in [0.05, 0.1) is 6.61 Å². The second-order valence-electron chi connectivity index (χ2n) is 4.29. The van der Waals surface area contributed by atoms with Crippen molar-refractivity contribution in [3.05, 3.63) is 0 Å². The van der Waals surface area contributed by atoms with Gasteiger partial charge in [0.2, 0.25) is 0 Å². The van der Waals surface area contributed by atoms with Gasteiger partial charge in [-0.15, -0.1) is 0 Å². The van der Waals surface area contributed by atoms with Crippen molar-refractivity contribution < 1.29 is 5.11 Å². The lowest BCUT2D eigenvalue weighted by atomic mass is 10.1. The maximum Gasteiger partial charge on any atom is 0.0602 e. The fraction of sp³-hybridized carbons (Fsp3) is 1.00. The summed E-state index contributed by atoms with van der Waals surface area (Å²) in [5, 5.41) is 9.38. The summed E-state index contributed by atoms with van der Waals surface area (Å²) >= 11 is 0. The minimum Gasteiger partial charge on any atom is -0.395 e. The van der Waals surface area contributed by atoms with Crippen molar-refractivity contribution in [3.8, 4) is 0 Å². The highest BCUT2D eigenvalue weighted by Crippen LogP contribution is 2.29. The van der Waals surface area contributed by atoms with Gasteiger partial charge in [0.25, 0.3) is 0 Å². The van der Waals surface area contributed by atoms with Crippen LogP contribution in [0.2, 0.25) is 0 Å². The first-order valence-corrected chi connectivity index (χ1v) is 5.86. The first kappa shape index (κ1) is 12.0. The molecule has 84 valence electrons. The van der Waals surface area contributed by atoms with Crippen LogP contribution in [0.3, 0.4) is 0 Å². The Labute approximate surface area is 87.3 Å². The van der Waals surface area contributed by atoms with E-state index < -0.39 is 0 Å². The molecule has 3 N–H and O–H groups in total. The third-order valence-electron chi connectivity index (χ3n) is 3.08. The lowest BCUT2D eigenvalue weighted by Crippen LogP contribution is -2.51. The summed E-state index contributed by atoms with van der Waals surface area (Å²) < 4.78 is 0. The molecule has 0 amide bonds. The van der Waals surface area contributed by atoms with Crippen LogP contribution in [0.4, 0.5) is 0 Å². The third kappa shape index (κ3) is 2.94. The number of nitrogens with two attached hydrogens (primary N) is 1. The highest BCUT2D eigenvalue weighted by atomic mass is 16.3. The van der Waals surface area contributed by atoms with Gasteiger partial charge in [-0.3, -0.25) is 4.90 Å². The SMILES string of the molecule is CCCN(C1CC1)C(CO)C(N)CC. The van der Waals surface area contributed by atoms with Crippen LogP contribution < -0.4 is 5.73 Å². The van der Waals surface area contributed by atoms with E-state index in [4.69, 9.17) is 5.73 Å². The van der Waals surface area contributed by atoms with Gasteiger partial charge in [0, 0.05) is 18.1 Å². The van der Waals surface area contributed by atoms with E-state index in [1.54, 1.807) is 0 Å². The Bertz CT molecular complexity index is 159. The van der Waals surface area contributed by atoms with Crippen LogP contribution in [0.5, 0.6) is 0 Å². The van der Waals surface area contributed by atoms with Crippen LogP contribution in [-0.2, 0) is 0 Å². The lowest BCUT2D eigenvalue weighted by Gasteiger charge is -2.34. The van der Waals surface area contributed by atoms with E-state index in [2.05, 4.69) is 18.7 Å². The third-order valence-corrected chi connectivity index (χ3v) is 3.08. The van der Waals surface area contributed by atoms with Crippen LogP contribution in [0.1, 0.15) is 39.5 Å². The predicted octanol–water partition coefficient (Wildman–Crippen LogP) is 0.959. The van der Waals surface area contributed by atoms with Crippen molar-refractivity contribution in [1.29, 1.82) is 0 Å². The largest absolute Gasteiger partial charge is 0.395 e. The molecule has 3 nitrogen and oxygen atoms in total. The monoisotopic (exact) mass is 200 g/mol. The molecule has 0 spiro atoms. The van der Waals surface area contributed by atoms with E-state index in [-0.39, 0.29) is 18.7 Å². The van der Waals surface area contributed by atoms with Crippen LogP contribution in [0, 0.1) is 0 Å². The summed E-state index contributed by atoms with van der Waals surface area (Å²) in [5.74, 6) is 0. The molecule has 0 aromatic rings. The fourth-order valence-electron chi connectivity index (χ4n) is 2.04. The smallest absolute Gasteiger partial charge is 0.0602 e.